The van der Waals surface area contributed by atoms with Crippen molar-refractivity contribution in [1.82, 2.24) is 0 Å². The quantitative estimate of drug-likeness (QED) is 0.774. The van der Waals surface area contributed by atoms with Gasteiger partial charge in [-0.1, -0.05) is 12.1 Å². The molecule has 104 valence electrons. The fourth-order valence-electron chi connectivity index (χ4n) is 2.19. The highest BCUT2D eigenvalue weighted by Gasteiger charge is 2.21. The third-order valence-corrected chi connectivity index (χ3v) is 3.89. The van der Waals surface area contributed by atoms with Crippen molar-refractivity contribution in [2.24, 2.45) is 0 Å². The van der Waals surface area contributed by atoms with Gasteiger partial charge in [0, 0.05) is 5.56 Å². The molecule has 0 saturated heterocycles. The summed E-state index contributed by atoms with van der Waals surface area (Å²) in [6.07, 6.45) is 0. The molecule has 0 radical (unpaired) electrons. The Morgan fingerprint density at radius 2 is 1.95 bits per heavy atom. The largest absolute Gasteiger partial charge is 0.496 e. The van der Waals surface area contributed by atoms with Gasteiger partial charge in [0.2, 0.25) is 0 Å². The van der Waals surface area contributed by atoms with Crippen LogP contribution in [0.1, 0.15) is 27.0 Å². The zero-order valence-corrected chi connectivity index (χ0v) is 13.0. The van der Waals surface area contributed by atoms with E-state index in [1.54, 1.807) is 12.1 Å². The van der Waals surface area contributed by atoms with Gasteiger partial charge in [0.25, 0.3) is 0 Å². The molecule has 0 aliphatic carbocycles. The van der Waals surface area contributed by atoms with Gasteiger partial charge in [-0.3, -0.25) is 4.79 Å². The molecule has 4 heteroatoms. The molecule has 0 aliphatic heterocycles. The number of rotatable bonds is 3. The highest BCUT2D eigenvalue weighted by atomic mass is 79.9. The summed E-state index contributed by atoms with van der Waals surface area (Å²) in [6.45, 7) is 3.78. The van der Waals surface area contributed by atoms with Crippen molar-refractivity contribution in [3.8, 4) is 5.75 Å². The second-order valence-electron chi connectivity index (χ2n) is 4.59. The fraction of sp³-hybridized carbons (Fsp3) is 0.188. The molecule has 2 nitrogen and oxygen atoms in total. The van der Waals surface area contributed by atoms with Crippen molar-refractivity contribution in [3.63, 3.8) is 0 Å². The maximum Gasteiger partial charge on any atom is 0.198 e. The van der Waals surface area contributed by atoms with E-state index in [2.05, 4.69) is 15.9 Å². The van der Waals surface area contributed by atoms with E-state index in [-0.39, 0.29) is 15.8 Å². The molecule has 0 fully saturated rings. The first-order chi connectivity index (χ1) is 9.45. The first-order valence-electron chi connectivity index (χ1n) is 6.09. The third kappa shape index (κ3) is 2.61. The molecule has 2 rings (SSSR count). The van der Waals surface area contributed by atoms with E-state index < -0.39 is 5.82 Å². The van der Waals surface area contributed by atoms with Crippen molar-refractivity contribution >= 4 is 21.7 Å². The van der Waals surface area contributed by atoms with Crippen molar-refractivity contribution in [3.05, 3.63) is 62.9 Å². The summed E-state index contributed by atoms with van der Waals surface area (Å²) in [5.74, 6) is -0.214. The zero-order chi connectivity index (χ0) is 14.9. The predicted octanol–water partition coefficient (Wildman–Crippen LogP) is 4.44. The van der Waals surface area contributed by atoms with Crippen molar-refractivity contribution in [2.45, 2.75) is 13.8 Å². The van der Waals surface area contributed by atoms with Gasteiger partial charge < -0.3 is 4.74 Å². The lowest BCUT2D eigenvalue weighted by molar-refractivity contribution is 0.103. The predicted molar refractivity (Wildman–Crippen MR) is 80.0 cm³/mol. The fourth-order valence-corrected chi connectivity index (χ4v) is 2.64. The lowest BCUT2D eigenvalue weighted by atomic mass is 9.96. The van der Waals surface area contributed by atoms with Gasteiger partial charge in [0.1, 0.15) is 11.6 Å². The number of carbonyl (C=O) groups excluding carboxylic acids is 1. The monoisotopic (exact) mass is 336 g/mol. The van der Waals surface area contributed by atoms with Crippen LogP contribution in [0.4, 0.5) is 4.39 Å². The van der Waals surface area contributed by atoms with Crippen LogP contribution < -0.4 is 4.74 Å². The van der Waals surface area contributed by atoms with E-state index >= 15 is 0 Å². The van der Waals surface area contributed by atoms with E-state index in [0.29, 0.717) is 11.3 Å². The van der Waals surface area contributed by atoms with Crippen LogP contribution in [0.25, 0.3) is 0 Å². The van der Waals surface area contributed by atoms with Gasteiger partial charge >= 0.3 is 0 Å². The first-order valence-corrected chi connectivity index (χ1v) is 6.89. The van der Waals surface area contributed by atoms with Crippen LogP contribution in [0.15, 0.2) is 34.8 Å². The number of aryl methyl sites for hydroxylation is 2. The summed E-state index contributed by atoms with van der Waals surface area (Å²) in [5, 5.41) is 0. The average Bonchev–Trinajstić information content (AvgIpc) is 2.40. The van der Waals surface area contributed by atoms with Crippen molar-refractivity contribution in [1.29, 1.82) is 0 Å². The smallest absolute Gasteiger partial charge is 0.198 e. The van der Waals surface area contributed by atoms with Gasteiger partial charge in [-0.05, 0) is 59.1 Å². The number of halogens is 2. The maximum atomic E-state index is 13.6. The van der Waals surface area contributed by atoms with Crippen LogP contribution in [0.5, 0.6) is 5.75 Å². The van der Waals surface area contributed by atoms with Crippen LogP contribution in [0.2, 0.25) is 0 Å². The summed E-state index contributed by atoms with van der Waals surface area (Å²) >= 11 is 3.13. The number of hydrogen-bond donors (Lipinski definition) is 0. The molecule has 0 aliphatic rings. The van der Waals surface area contributed by atoms with E-state index in [9.17, 15) is 9.18 Å². The summed E-state index contributed by atoms with van der Waals surface area (Å²) in [5.41, 5.74) is 2.57. The normalized spacial score (nSPS) is 10.4. The zero-order valence-electron chi connectivity index (χ0n) is 11.5. The van der Waals surface area contributed by atoms with Gasteiger partial charge in [0.05, 0.1) is 17.1 Å². The number of carbonyl (C=O) groups is 1. The molecule has 0 bridgehead atoms. The molecular formula is C16H14BrFO2. The Hall–Kier alpha value is -1.68. The Kier molecular flexibility index (Phi) is 4.23. The van der Waals surface area contributed by atoms with E-state index in [1.807, 2.05) is 19.9 Å². The molecule has 20 heavy (non-hydrogen) atoms. The van der Waals surface area contributed by atoms with E-state index in [1.165, 1.54) is 19.2 Å². The molecule has 0 spiro atoms. The Morgan fingerprint density at radius 1 is 1.25 bits per heavy atom. The van der Waals surface area contributed by atoms with Crippen LogP contribution in [0.3, 0.4) is 0 Å². The minimum absolute atomic E-state index is 0.173. The topological polar surface area (TPSA) is 26.3 Å². The minimum Gasteiger partial charge on any atom is -0.496 e. The van der Waals surface area contributed by atoms with Crippen LogP contribution in [-0.2, 0) is 0 Å². The van der Waals surface area contributed by atoms with Gasteiger partial charge in [0.15, 0.2) is 5.78 Å². The maximum absolute atomic E-state index is 13.6. The third-order valence-electron chi connectivity index (χ3n) is 3.09. The highest BCUT2D eigenvalue weighted by Crippen LogP contribution is 2.30. The van der Waals surface area contributed by atoms with Crippen molar-refractivity contribution < 1.29 is 13.9 Å². The number of methoxy groups -OCH3 is 1. The molecular weight excluding hydrogens is 323 g/mol. The molecule has 0 aromatic heterocycles. The van der Waals surface area contributed by atoms with Gasteiger partial charge in [-0.25, -0.2) is 4.39 Å². The summed E-state index contributed by atoms with van der Waals surface area (Å²) < 4.78 is 19.0. The standard InChI is InChI=1S/C16H14BrFO2/c1-9-7-10(2)14(13(8-9)20-3)16(19)11-5-4-6-12(18)15(11)17/h4-8H,1-3H3. The van der Waals surface area contributed by atoms with Crippen LogP contribution in [0, 0.1) is 19.7 Å². The molecule has 0 atom stereocenters. The summed E-state index contributed by atoms with van der Waals surface area (Å²) in [6, 6.07) is 8.12. The van der Waals surface area contributed by atoms with Gasteiger partial charge in [-0.15, -0.1) is 0 Å². The molecule has 2 aromatic carbocycles. The molecule has 0 unspecified atom stereocenters. The number of ether oxygens (including phenoxy) is 1. The Labute approximate surface area is 125 Å². The highest BCUT2D eigenvalue weighted by molar-refractivity contribution is 9.10. The summed E-state index contributed by atoms with van der Waals surface area (Å²) in [4.78, 5) is 12.7. The van der Waals surface area contributed by atoms with Gasteiger partial charge in [-0.2, -0.15) is 0 Å². The van der Waals surface area contributed by atoms with E-state index in [4.69, 9.17) is 4.74 Å². The van der Waals surface area contributed by atoms with Crippen molar-refractivity contribution in [2.75, 3.05) is 7.11 Å². The van der Waals surface area contributed by atoms with Crippen LogP contribution in [-0.4, -0.2) is 12.9 Å². The Morgan fingerprint density at radius 3 is 2.60 bits per heavy atom. The molecule has 0 saturated carbocycles. The lowest BCUT2D eigenvalue weighted by Gasteiger charge is -2.13. The Balaban J connectivity index is 2.62. The lowest BCUT2D eigenvalue weighted by Crippen LogP contribution is -2.08. The molecule has 0 amide bonds. The van der Waals surface area contributed by atoms with Crippen LogP contribution >= 0.6 is 15.9 Å². The molecule has 2 aromatic rings. The average molecular weight is 337 g/mol. The number of ketones is 1. The molecule has 0 N–H and O–H groups in total. The Bertz CT molecular complexity index is 680. The number of benzene rings is 2. The number of hydrogen-bond acceptors (Lipinski definition) is 2. The summed E-state index contributed by atoms with van der Waals surface area (Å²) in [7, 11) is 1.52. The first kappa shape index (κ1) is 14.7. The minimum atomic E-state index is -0.459. The molecule has 0 heterocycles. The second-order valence-corrected chi connectivity index (χ2v) is 5.38. The second kappa shape index (κ2) is 5.75. The SMILES string of the molecule is COc1cc(C)cc(C)c1C(=O)c1cccc(F)c1Br. The van der Waals surface area contributed by atoms with E-state index in [0.717, 1.165) is 11.1 Å².